The van der Waals surface area contributed by atoms with Crippen molar-refractivity contribution in [2.24, 2.45) is 0 Å². The predicted octanol–water partition coefficient (Wildman–Crippen LogP) is 3.65. The number of hydrogen-bond acceptors (Lipinski definition) is 3. The first kappa shape index (κ1) is 16.1. The standard InChI is InChI=1S/C14H26O3/c1-2-3-13-17-14(16)11-9-7-5-4-6-8-10-12-15/h12H,2-11,13H2,1H3. The zero-order valence-corrected chi connectivity index (χ0v) is 11.1. The second-order valence-corrected chi connectivity index (χ2v) is 4.40. The lowest BCUT2D eigenvalue weighted by Gasteiger charge is -2.03. The summed E-state index contributed by atoms with van der Waals surface area (Å²) < 4.78 is 5.06. The average molecular weight is 242 g/mol. The Morgan fingerprint density at radius 3 is 2.29 bits per heavy atom. The van der Waals surface area contributed by atoms with E-state index in [1.807, 2.05) is 0 Å². The molecule has 0 bridgehead atoms. The van der Waals surface area contributed by atoms with Gasteiger partial charge >= 0.3 is 5.97 Å². The van der Waals surface area contributed by atoms with Gasteiger partial charge in [-0.05, 0) is 19.3 Å². The van der Waals surface area contributed by atoms with Crippen LogP contribution < -0.4 is 0 Å². The van der Waals surface area contributed by atoms with E-state index < -0.39 is 0 Å². The van der Waals surface area contributed by atoms with Crippen molar-refractivity contribution in [1.29, 1.82) is 0 Å². The minimum Gasteiger partial charge on any atom is -0.466 e. The van der Waals surface area contributed by atoms with Gasteiger partial charge in [0.15, 0.2) is 0 Å². The van der Waals surface area contributed by atoms with Gasteiger partial charge in [-0.3, -0.25) is 4.79 Å². The molecule has 17 heavy (non-hydrogen) atoms. The summed E-state index contributed by atoms with van der Waals surface area (Å²) in [7, 11) is 0. The van der Waals surface area contributed by atoms with Crippen LogP contribution in [0.5, 0.6) is 0 Å². The van der Waals surface area contributed by atoms with E-state index in [1.165, 1.54) is 6.42 Å². The van der Waals surface area contributed by atoms with Crippen LogP contribution in [0.15, 0.2) is 0 Å². The Bertz CT molecular complexity index is 190. The molecule has 0 aliphatic heterocycles. The van der Waals surface area contributed by atoms with Crippen LogP contribution in [0.3, 0.4) is 0 Å². The second kappa shape index (κ2) is 13.2. The molecule has 0 heterocycles. The number of carbonyl (C=O) groups is 2. The third-order valence-corrected chi connectivity index (χ3v) is 2.71. The van der Waals surface area contributed by atoms with Crippen LogP contribution in [-0.2, 0) is 14.3 Å². The number of carbonyl (C=O) groups excluding carboxylic acids is 2. The lowest BCUT2D eigenvalue weighted by molar-refractivity contribution is -0.143. The van der Waals surface area contributed by atoms with E-state index >= 15 is 0 Å². The molecule has 0 aromatic rings. The van der Waals surface area contributed by atoms with Gasteiger partial charge in [0.1, 0.15) is 6.29 Å². The molecule has 0 spiro atoms. The SMILES string of the molecule is CCCCOC(=O)CCCCCCCCC=O. The van der Waals surface area contributed by atoms with Crippen molar-refractivity contribution in [2.45, 2.75) is 71.1 Å². The molecule has 0 fully saturated rings. The van der Waals surface area contributed by atoms with Crippen molar-refractivity contribution in [3.05, 3.63) is 0 Å². The maximum Gasteiger partial charge on any atom is 0.305 e. The van der Waals surface area contributed by atoms with Crippen LogP contribution in [-0.4, -0.2) is 18.9 Å². The van der Waals surface area contributed by atoms with Crippen LogP contribution in [0.4, 0.5) is 0 Å². The highest BCUT2D eigenvalue weighted by atomic mass is 16.5. The second-order valence-electron chi connectivity index (χ2n) is 4.40. The van der Waals surface area contributed by atoms with E-state index in [1.54, 1.807) is 0 Å². The van der Waals surface area contributed by atoms with Crippen LogP contribution in [0.1, 0.15) is 71.1 Å². The molecule has 3 nitrogen and oxygen atoms in total. The van der Waals surface area contributed by atoms with Gasteiger partial charge in [0.2, 0.25) is 0 Å². The lowest BCUT2D eigenvalue weighted by Crippen LogP contribution is -2.05. The fourth-order valence-electron chi connectivity index (χ4n) is 1.61. The van der Waals surface area contributed by atoms with Gasteiger partial charge in [0.25, 0.3) is 0 Å². The molecule has 0 amide bonds. The summed E-state index contributed by atoms with van der Waals surface area (Å²) >= 11 is 0. The smallest absolute Gasteiger partial charge is 0.305 e. The first-order chi connectivity index (χ1) is 8.31. The summed E-state index contributed by atoms with van der Waals surface area (Å²) in [6.07, 6.45) is 10.7. The molecule has 0 unspecified atom stereocenters. The topological polar surface area (TPSA) is 43.4 Å². The Morgan fingerprint density at radius 1 is 1.00 bits per heavy atom. The van der Waals surface area contributed by atoms with Gasteiger partial charge in [-0.15, -0.1) is 0 Å². The third-order valence-electron chi connectivity index (χ3n) is 2.71. The summed E-state index contributed by atoms with van der Waals surface area (Å²) in [6.45, 7) is 2.65. The molecule has 0 saturated heterocycles. The van der Waals surface area contributed by atoms with Crippen molar-refractivity contribution >= 4 is 12.3 Å². The van der Waals surface area contributed by atoms with Gasteiger partial charge in [-0.25, -0.2) is 0 Å². The summed E-state index contributed by atoms with van der Waals surface area (Å²) in [5.74, 6) is -0.0561. The predicted molar refractivity (Wildman–Crippen MR) is 68.9 cm³/mol. The molecule has 0 aliphatic rings. The van der Waals surface area contributed by atoms with Crippen molar-refractivity contribution in [3.8, 4) is 0 Å². The van der Waals surface area contributed by atoms with E-state index in [-0.39, 0.29) is 5.97 Å². The maximum atomic E-state index is 11.2. The molecule has 0 aromatic carbocycles. The molecule has 0 aromatic heterocycles. The lowest BCUT2D eigenvalue weighted by atomic mass is 10.1. The fraction of sp³-hybridized carbons (Fsp3) is 0.857. The van der Waals surface area contributed by atoms with E-state index in [9.17, 15) is 9.59 Å². The van der Waals surface area contributed by atoms with Crippen LogP contribution in [0.25, 0.3) is 0 Å². The Hall–Kier alpha value is -0.860. The molecule has 100 valence electrons. The number of aldehydes is 1. The van der Waals surface area contributed by atoms with Crippen molar-refractivity contribution in [1.82, 2.24) is 0 Å². The highest BCUT2D eigenvalue weighted by molar-refractivity contribution is 5.69. The zero-order chi connectivity index (χ0) is 12.8. The minimum absolute atomic E-state index is 0.0561. The monoisotopic (exact) mass is 242 g/mol. The van der Waals surface area contributed by atoms with E-state index in [4.69, 9.17) is 4.74 Å². The van der Waals surface area contributed by atoms with Gasteiger partial charge < -0.3 is 9.53 Å². The molecule has 3 heteroatoms. The van der Waals surface area contributed by atoms with Gasteiger partial charge in [0.05, 0.1) is 6.61 Å². The van der Waals surface area contributed by atoms with E-state index in [0.717, 1.165) is 51.2 Å². The largest absolute Gasteiger partial charge is 0.466 e. The van der Waals surface area contributed by atoms with E-state index in [0.29, 0.717) is 19.4 Å². The number of hydrogen-bond donors (Lipinski definition) is 0. The Labute approximate surface area is 105 Å². The highest BCUT2D eigenvalue weighted by Gasteiger charge is 2.01. The Kier molecular flexibility index (Phi) is 12.5. The third kappa shape index (κ3) is 13.1. The molecule has 0 rings (SSSR count). The zero-order valence-electron chi connectivity index (χ0n) is 11.1. The van der Waals surface area contributed by atoms with Gasteiger partial charge in [-0.1, -0.05) is 39.0 Å². The highest BCUT2D eigenvalue weighted by Crippen LogP contribution is 2.08. The minimum atomic E-state index is -0.0561. The average Bonchev–Trinajstić information content (AvgIpc) is 2.33. The quantitative estimate of drug-likeness (QED) is 0.298. The van der Waals surface area contributed by atoms with Crippen LogP contribution >= 0.6 is 0 Å². The van der Waals surface area contributed by atoms with Gasteiger partial charge in [0, 0.05) is 12.8 Å². The molecular formula is C14H26O3. The van der Waals surface area contributed by atoms with E-state index in [2.05, 4.69) is 6.92 Å². The first-order valence-corrected chi connectivity index (χ1v) is 6.90. The molecule has 0 N–H and O–H groups in total. The van der Waals surface area contributed by atoms with Crippen molar-refractivity contribution < 1.29 is 14.3 Å². The molecule has 0 aliphatic carbocycles. The fourth-order valence-corrected chi connectivity index (χ4v) is 1.61. The molecule has 0 atom stereocenters. The first-order valence-electron chi connectivity index (χ1n) is 6.90. The summed E-state index contributed by atoms with van der Waals surface area (Å²) in [5.41, 5.74) is 0. The summed E-state index contributed by atoms with van der Waals surface area (Å²) in [6, 6.07) is 0. The normalized spacial score (nSPS) is 10.2. The number of rotatable bonds is 12. The number of unbranched alkanes of at least 4 members (excludes halogenated alkanes) is 7. The van der Waals surface area contributed by atoms with Crippen LogP contribution in [0, 0.1) is 0 Å². The summed E-state index contributed by atoms with van der Waals surface area (Å²) in [4.78, 5) is 21.3. The van der Waals surface area contributed by atoms with Crippen molar-refractivity contribution in [2.75, 3.05) is 6.61 Å². The number of ether oxygens (including phenoxy) is 1. The Morgan fingerprint density at radius 2 is 1.65 bits per heavy atom. The van der Waals surface area contributed by atoms with Crippen LogP contribution in [0.2, 0.25) is 0 Å². The molecule has 0 saturated carbocycles. The summed E-state index contributed by atoms with van der Waals surface area (Å²) in [5, 5.41) is 0. The maximum absolute atomic E-state index is 11.2. The number of esters is 1. The van der Waals surface area contributed by atoms with Gasteiger partial charge in [-0.2, -0.15) is 0 Å². The van der Waals surface area contributed by atoms with Crippen molar-refractivity contribution in [3.63, 3.8) is 0 Å². The Balaban J connectivity index is 3.11. The molecule has 0 radical (unpaired) electrons. The molecular weight excluding hydrogens is 216 g/mol.